The predicted octanol–water partition coefficient (Wildman–Crippen LogP) is -0.471. The second-order valence-electron chi connectivity index (χ2n) is 2.31. The Balaban J connectivity index is 3.71. The van der Waals surface area contributed by atoms with Gasteiger partial charge in [-0.15, -0.1) is 0 Å². The smallest absolute Gasteiger partial charge is 0.137 e. The van der Waals surface area contributed by atoms with E-state index < -0.39 is 12.1 Å². The summed E-state index contributed by atoms with van der Waals surface area (Å²) in [5, 5.41) is 8.88. The van der Waals surface area contributed by atoms with Crippen LogP contribution in [-0.4, -0.2) is 23.5 Å². The summed E-state index contributed by atoms with van der Waals surface area (Å²) in [4.78, 5) is 10.0. The summed E-state index contributed by atoms with van der Waals surface area (Å²) in [6.07, 6.45) is 0.141. The average Bonchev–Trinajstić information content (AvgIpc) is 1.84. The zero-order chi connectivity index (χ0) is 7.44. The van der Waals surface area contributed by atoms with Crippen molar-refractivity contribution in [3.05, 3.63) is 0 Å². The van der Waals surface area contributed by atoms with E-state index in [-0.39, 0.29) is 5.92 Å². The molecule has 9 heavy (non-hydrogen) atoms. The third-order valence-electron chi connectivity index (χ3n) is 1.53. The lowest BCUT2D eigenvalue weighted by Crippen LogP contribution is -2.35. The van der Waals surface area contributed by atoms with E-state index in [9.17, 15) is 4.79 Å². The summed E-state index contributed by atoms with van der Waals surface area (Å²) < 4.78 is 0. The highest BCUT2D eigenvalue weighted by atomic mass is 16.3. The Morgan fingerprint density at radius 1 is 1.56 bits per heavy atom. The highest BCUT2D eigenvalue weighted by Crippen LogP contribution is 2.03. The van der Waals surface area contributed by atoms with Crippen molar-refractivity contribution in [3.8, 4) is 0 Å². The number of hydrogen-bond acceptors (Lipinski definition) is 3. The van der Waals surface area contributed by atoms with Crippen LogP contribution in [0.5, 0.6) is 0 Å². The van der Waals surface area contributed by atoms with Crippen molar-refractivity contribution in [1.82, 2.24) is 0 Å². The van der Waals surface area contributed by atoms with Gasteiger partial charge >= 0.3 is 0 Å². The molecule has 0 aromatic carbocycles. The number of carbonyl (C=O) groups is 1. The fourth-order valence-electron chi connectivity index (χ4n) is 0.446. The fraction of sp³-hybridized carbons (Fsp3) is 0.833. The van der Waals surface area contributed by atoms with Crippen molar-refractivity contribution in [3.63, 3.8) is 0 Å². The van der Waals surface area contributed by atoms with Crippen molar-refractivity contribution in [2.24, 2.45) is 11.7 Å². The van der Waals surface area contributed by atoms with Gasteiger partial charge < -0.3 is 15.6 Å². The average molecular weight is 131 g/mol. The molecule has 0 aliphatic rings. The minimum Gasteiger partial charge on any atom is -0.393 e. The molecular formula is C6H13NO2. The standard InChI is InChI=1S/C6H13NO2/c1-4(5(2)9)6(7)3-8/h3-6,9H,7H2,1-2H3/t4-,5-,6-/m0/s1. The van der Waals surface area contributed by atoms with E-state index in [1.165, 1.54) is 0 Å². The Kier molecular flexibility index (Phi) is 3.42. The van der Waals surface area contributed by atoms with Gasteiger partial charge in [0.2, 0.25) is 0 Å². The molecule has 0 radical (unpaired) electrons. The van der Waals surface area contributed by atoms with Crippen LogP contribution in [0.1, 0.15) is 13.8 Å². The zero-order valence-electron chi connectivity index (χ0n) is 5.74. The molecule has 0 spiro atoms. The molecule has 0 heterocycles. The number of rotatable bonds is 3. The molecule has 0 saturated heterocycles. The van der Waals surface area contributed by atoms with E-state index in [1.807, 2.05) is 0 Å². The molecule has 3 heteroatoms. The minimum absolute atomic E-state index is 0.150. The maximum Gasteiger partial charge on any atom is 0.137 e. The third kappa shape index (κ3) is 2.58. The van der Waals surface area contributed by atoms with E-state index in [1.54, 1.807) is 13.8 Å². The largest absolute Gasteiger partial charge is 0.393 e. The van der Waals surface area contributed by atoms with Crippen LogP contribution in [-0.2, 0) is 4.79 Å². The molecule has 0 unspecified atom stereocenters. The van der Waals surface area contributed by atoms with Crippen LogP contribution in [0.15, 0.2) is 0 Å². The molecular weight excluding hydrogens is 118 g/mol. The molecule has 0 fully saturated rings. The van der Waals surface area contributed by atoms with Gasteiger partial charge in [-0.2, -0.15) is 0 Å². The first kappa shape index (κ1) is 8.59. The van der Waals surface area contributed by atoms with E-state index in [2.05, 4.69) is 0 Å². The van der Waals surface area contributed by atoms with Gasteiger partial charge in [-0.25, -0.2) is 0 Å². The van der Waals surface area contributed by atoms with Crippen molar-refractivity contribution in [2.75, 3.05) is 0 Å². The second kappa shape index (κ2) is 3.58. The van der Waals surface area contributed by atoms with Crippen LogP contribution in [0.4, 0.5) is 0 Å². The molecule has 0 amide bonds. The Labute approximate surface area is 54.9 Å². The van der Waals surface area contributed by atoms with Gasteiger partial charge in [0, 0.05) is 5.92 Å². The molecule has 0 rings (SSSR count). The Hall–Kier alpha value is -0.410. The summed E-state index contributed by atoms with van der Waals surface area (Å²) in [6.45, 7) is 3.36. The van der Waals surface area contributed by atoms with Crippen LogP contribution in [0.25, 0.3) is 0 Å². The Morgan fingerprint density at radius 2 is 2.00 bits per heavy atom. The number of aldehydes is 1. The lowest BCUT2D eigenvalue weighted by atomic mass is 9.99. The van der Waals surface area contributed by atoms with E-state index in [4.69, 9.17) is 10.8 Å². The minimum atomic E-state index is -0.537. The monoisotopic (exact) mass is 131 g/mol. The van der Waals surface area contributed by atoms with E-state index in [0.29, 0.717) is 6.29 Å². The van der Waals surface area contributed by atoms with Crippen molar-refractivity contribution >= 4 is 6.29 Å². The number of aliphatic hydroxyl groups is 1. The van der Waals surface area contributed by atoms with Crippen molar-refractivity contribution in [2.45, 2.75) is 26.0 Å². The molecule has 3 nitrogen and oxygen atoms in total. The first-order valence-electron chi connectivity index (χ1n) is 2.98. The number of hydrogen-bond donors (Lipinski definition) is 2. The van der Waals surface area contributed by atoms with Gasteiger partial charge in [-0.05, 0) is 6.92 Å². The van der Waals surface area contributed by atoms with Crippen molar-refractivity contribution < 1.29 is 9.90 Å². The van der Waals surface area contributed by atoms with E-state index in [0.717, 1.165) is 0 Å². The first-order chi connectivity index (χ1) is 4.09. The molecule has 54 valence electrons. The van der Waals surface area contributed by atoms with E-state index >= 15 is 0 Å². The van der Waals surface area contributed by atoms with Crippen LogP contribution in [0.3, 0.4) is 0 Å². The molecule has 0 aliphatic heterocycles. The molecule has 0 bridgehead atoms. The normalized spacial score (nSPS) is 20.4. The zero-order valence-corrected chi connectivity index (χ0v) is 5.74. The van der Waals surface area contributed by atoms with Gasteiger partial charge in [0.05, 0.1) is 12.1 Å². The topological polar surface area (TPSA) is 63.3 Å². The number of nitrogens with two attached hydrogens (primary N) is 1. The summed E-state index contributed by atoms with van der Waals surface area (Å²) >= 11 is 0. The predicted molar refractivity (Wildman–Crippen MR) is 34.9 cm³/mol. The Bertz CT molecular complexity index is 93.1. The maximum absolute atomic E-state index is 10.0. The highest BCUT2D eigenvalue weighted by molar-refractivity contribution is 5.57. The molecule has 3 atom stereocenters. The van der Waals surface area contributed by atoms with Gasteiger partial charge in [0.1, 0.15) is 6.29 Å². The second-order valence-corrected chi connectivity index (χ2v) is 2.31. The molecule has 0 aliphatic carbocycles. The van der Waals surface area contributed by atoms with Gasteiger partial charge in [-0.1, -0.05) is 6.92 Å². The maximum atomic E-state index is 10.0. The van der Waals surface area contributed by atoms with Crippen molar-refractivity contribution in [1.29, 1.82) is 0 Å². The molecule has 0 aromatic rings. The lowest BCUT2D eigenvalue weighted by Gasteiger charge is -2.16. The highest BCUT2D eigenvalue weighted by Gasteiger charge is 2.15. The Morgan fingerprint density at radius 3 is 2.11 bits per heavy atom. The van der Waals surface area contributed by atoms with Gasteiger partial charge in [0.25, 0.3) is 0 Å². The number of carbonyl (C=O) groups excluding carboxylic acids is 1. The quantitative estimate of drug-likeness (QED) is 0.509. The summed E-state index contributed by atoms with van der Waals surface area (Å²) in [5.74, 6) is -0.150. The lowest BCUT2D eigenvalue weighted by molar-refractivity contribution is -0.110. The van der Waals surface area contributed by atoms with Gasteiger partial charge in [-0.3, -0.25) is 0 Å². The SMILES string of the molecule is C[C@@H]([C@H](C)O)[C@@H](N)C=O. The van der Waals surface area contributed by atoms with Crippen LogP contribution < -0.4 is 5.73 Å². The first-order valence-corrected chi connectivity index (χ1v) is 2.98. The summed E-state index contributed by atoms with van der Waals surface area (Å²) in [6, 6.07) is -0.537. The van der Waals surface area contributed by atoms with Crippen LogP contribution >= 0.6 is 0 Å². The number of aliphatic hydroxyl groups excluding tert-OH is 1. The van der Waals surface area contributed by atoms with Gasteiger partial charge in [0.15, 0.2) is 0 Å². The van der Waals surface area contributed by atoms with Crippen LogP contribution in [0.2, 0.25) is 0 Å². The molecule has 0 aromatic heterocycles. The fourth-order valence-corrected chi connectivity index (χ4v) is 0.446. The molecule has 3 N–H and O–H groups in total. The summed E-state index contributed by atoms with van der Waals surface area (Å²) in [7, 11) is 0. The third-order valence-corrected chi connectivity index (χ3v) is 1.53. The molecule has 0 saturated carbocycles. The summed E-state index contributed by atoms with van der Waals surface area (Å²) in [5.41, 5.74) is 5.29. The van der Waals surface area contributed by atoms with Crippen LogP contribution in [0, 0.1) is 5.92 Å².